The van der Waals surface area contributed by atoms with E-state index >= 15 is 0 Å². The predicted octanol–water partition coefficient (Wildman–Crippen LogP) is 6.39. The van der Waals surface area contributed by atoms with Gasteiger partial charge >= 0.3 is 5.69 Å². The van der Waals surface area contributed by atoms with E-state index in [1.165, 1.54) is 34.4 Å². The number of benzene rings is 2. The van der Waals surface area contributed by atoms with E-state index in [1.54, 1.807) is 12.1 Å². The maximum atomic E-state index is 12.6. The van der Waals surface area contributed by atoms with Gasteiger partial charge in [-0.3, -0.25) is 14.9 Å². The molecule has 3 aromatic rings. The maximum Gasteiger partial charge on any atom is 0.312 e. The number of aryl methyl sites for hydroxylation is 1. The Morgan fingerprint density at radius 2 is 1.71 bits per heavy atom. The van der Waals surface area contributed by atoms with Gasteiger partial charge in [0.2, 0.25) is 0 Å². The molecule has 2 aromatic carbocycles. The normalized spacial score (nSPS) is 16.0. The zero-order chi connectivity index (χ0) is 24.8. The van der Waals surface area contributed by atoms with Crippen LogP contribution in [0.15, 0.2) is 46.9 Å². The summed E-state index contributed by atoms with van der Waals surface area (Å²) in [7, 11) is 0. The van der Waals surface area contributed by atoms with E-state index in [2.05, 4.69) is 52.1 Å². The van der Waals surface area contributed by atoms with Gasteiger partial charge in [0.15, 0.2) is 11.5 Å². The number of carbonyl (C=O) groups excluding carboxylic acids is 1. The van der Waals surface area contributed by atoms with Crippen molar-refractivity contribution in [3.05, 3.63) is 86.4 Å². The Bertz CT molecular complexity index is 1290. The zero-order valence-corrected chi connectivity index (χ0v) is 20.2. The molecule has 7 heteroatoms. The average Bonchev–Trinajstić information content (AvgIpc) is 3.22. The van der Waals surface area contributed by atoms with E-state index in [-0.39, 0.29) is 22.3 Å². The number of phenolic OH excluding ortho intramolecular Hbond substituents is 1. The van der Waals surface area contributed by atoms with Crippen molar-refractivity contribution in [1.82, 2.24) is 0 Å². The molecule has 0 aliphatic heterocycles. The van der Waals surface area contributed by atoms with Crippen molar-refractivity contribution in [2.75, 3.05) is 5.32 Å². The number of nitrogens with zero attached hydrogens (tertiary/aromatic N) is 1. The van der Waals surface area contributed by atoms with Gasteiger partial charge in [0.1, 0.15) is 5.76 Å². The Kier molecular flexibility index (Phi) is 5.75. The molecular weight excluding hydrogens is 432 g/mol. The van der Waals surface area contributed by atoms with Crippen molar-refractivity contribution in [3.8, 4) is 5.75 Å². The number of nitro groups is 1. The first-order chi connectivity index (χ1) is 15.9. The smallest absolute Gasteiger partial charge is 0.312 e. The van der Waals surface area contributed by atoms with Crippen LogP contribution in [0, 0.1) is 17.0 Å². The highest BCUT2D eigenvalue weighted by Crippen LogP contribution is 2.46. The molecule has 0 unspecified atom stereocenters. The molecule has 1 heterocycles. The minimum absolute atomic E-state index is 0.105. The summed E-state index contributed by atoms with van der Waals surface area (Å²) in [5.41, 5.74) is 5.12. The van der Waals surface area contributed by atoms with Gasteiger partial charge in [0.25, 0.3) is 5.91 Å². The fourth-order valence-electron chi connectivity index (χ4n) is 4.68. The third-order valence-electron chi connectivity index (χ3n) is 6.99. The summed E-state index contributed by atoms with van der Waals surface area (Å²) in [5.74, 6) is -0.202. The van der Waals surface area contributed by atoms with Crippen LogP contribution in [0.5, 0.6) is 5.75 Å². The molecule has 0 atom stereocenters. The Morgan fingerprint density at radius 3 is 2.35 bits per heavy atom. The number of hydrogen-bond acceptors (Lipinski definition) is 5. The number of phenols is 1. The van der Waals surface area contributed by atoms with E-state index in [0.717, 1.165) is 18.9 Å². The van der Waals surface area contributed by atoms with Crippen LogP contribution in [-0.4, -0.2) is 15.9 Å². The van der Waals surface area contributed by atoms with Crippen LogP contribution in [0.2, 0.25) is 0 Å². The van der Waals surface area contributed by atoms with Crippen LogP contribution in [0.25, 0.3) is 0 Å². The first-order valence-electron chi connectivity index (χ1n) is 11.4. The third-order valence-corrected chi connectivity index (χ3v) is 6.99. The molecule has 0 saturated carbocycles. The number of hydrogen-bond donors (Lipinski definition) is 2. The Balaban J connectivity index is 1.55. The van der Waals surface area contributed by atoms with E-state index in [0.29, 0.717) is 12.2 Å². The van der Waals surface area contributed by atoms with Crippen molar-refractivity contribution in [2.45, 2.75) is 64.7 Å². The quantitative estimate of drug-likeness (QED) is 0.259. The maximum absolute atomic E-state index is 12.6. The molecule has 0 radical (unpaired) electrons. The standard InChI is InChI=1S/C27H30N2O5/c1-16-12-20-21(27(4,5)11-10-26(20,2)3)14-17(16)13-19-7-9-24(34-19)25(31)28-18-6-8-23(30)22(15-18)29(32)33/h6-9,12,14-15,30H,10-11,13H2,1-5H3,(H,28,31). The molecule has 0 bridgehead atoms. The highest BCUT2D eigenvalue weighted by molar-refractivity contribution is 6.02. The average molecular weight is 463 g/mol. The molecule has 1 aromatic heterocycles. The number of anilines is 1. The van der Waals surface area contributed by atoms with E-state index in [1.807, 2.05) is 0 Å². The van der Waals surface area contributed by atoms with E-state index < -0.39 is 22.3 Å². The minimum Gasteiger partial charge on any atom is -0.502 e. The monoisotopic (exact) mass is 462 g/mol. The van der Waals surface area contributed by atoms with Crippen LogP contribution in [0.3, 0.4) is 0 Å². The number of amides is 1. The molecule has 1 aliphatic rings. The number of rotatable bonds is 5. The molecule has 0 saturated heterocycles. The molecular formula is C27H30N2O5. The summed E-state index contributed by atoms with van der Waals surface area (Å²) < 4.78 is 5.82. The van der Waals surface area contributed by atoms with Crippen LogP contribution < -0.4 is 5.32 Å². The topological polar surface area (TPSA) is 106 Å². The minimum atomic E-state index is -0.709. The van der Waals surface area contributed by atoms with Gasteiger partial charge in [0.05, 0.1) is 4.92 Å². The van der Waals surface area contributed by atoms with E-state index in [4.69, 9.17) is 4.42 Å². The number of nitro benzene ring substituents is 1. The molecule has 34 heavy (non-hydrogen) atoms. The molecule has 2 N–H and O–H groups in total. The summed E-state index contributed by atoms with van der Waals surface area (Å²) in [5, 5.41) is 23.2. The fraction of sp³-hybridized carbons (Fsp3) is 0.370. The number of fused-ring (bicyclic) bond motifs is 1. The molecule has 4 rings (SSSR count). The first-order valence-corrected chi connectivity index (χ1v) is 11.4. The van der Waals surface area contributed by atoms with E-state index in [9.17, 15) is 20.0 Å². The van der Waals surface area contributed by atoms with Gasteiger partial charge in [-0.1, -0.05) is 39.8 Å². The molecule has 7 nitrogen and oxygen atoms in total. The third kappa shape index (κ3) is 4.42. The van der Waals surface area contributed by atoms with Crippen LogP contribution in [-0.2, 0) is 17.3 Å². The summed E-state index contributed by atoms with van der Waals surface area (Å²) in [6.45, 7) is 11.3. The summed E-state index contributed by atoms with van der Waals surface area (Å²) >= 11 is 0. The van der Waals surface area contributed by atoms with Gasteiger partial charge in [-0.15, -0.1) is 0 Å². The van der Waals surface area contributed by atoms with Crippen molar-refractivity contribution in [2.24, 2.45) is 0 Å². The highest BCUT2D eigenvalue weighted by atomic mass is 16.6. The van der Waals surface area contributed by atoms with Crippen molar-refractivity contribution in [3.63, 3.8) is 0 Å². The second-order valence-electron chi connectivity index (χ2n) is 10.4. The van der Waals surface area contributed by atoms with Gasteiger partial charge in [-0.2, -0.15) is 0 Å². The second-order valence-corrected chi connectivity index (χ2v) is 10.4. The molecule has 0 fully saturated rings. The van der Waals surface area contributed by atoms with Crippen molar-refractivity contribution < 1.29 is 19.2 Å². The van der Waals surface area contributed by atoms with Crippen LogP contribution >= 0.6 is 0 Å². The number of nitrogens with one attached hydrogen (secondary N) is 1. The van der Waals surface area contributed by atoms with Gasteiger partial charge in [0, 0.05) is 18.2 Å². The number of furan rings is 1. The van der Waals surface area contributed by atoms with Crippen LogP contribution in [0.4, 0.5) is 11.4 Å². The van der Waals surface area contributed by atoms with Gasteiger partial charge in [-0.05, 0) is 77.1 Å². The lowest BCUT2D eigenvalue weighted by molar-refractivity contribution is -0.385. The first kappa shape index (κ1) is 23.5. The lowest BCUT2D eigenvalue weighted by Gasteiger charge is -2.42. The SMILES string of the molecule is Cc1cc2c(cc1Cc1ccc(C(=O)Nc3ccc(O)c([N+](=O)[O-])c3)o1)C(C)(C)CCC2(C)C. The Hall–Kier alpha value is -3.61. The van der Waals surface area contributed by atoms with Crippen LogP contribution in [0.1, 0.15) is 79.1 Å². The lowest BCUT2D eigenvalue weighted by atomic mass is 9.62. The lowest BCUT2D eigenvalue weighted by Crippen LogP contribution is -2.34. The zero-order valence-electron chi connectivity index (χ0n) is 20.2. The summed E-state index contributed by atoms with van der Waals surface area (Å²) in [6.07, 6.45) is 2.86. The molecule has 0 spiro atoms. The predicted molar refractivity (Wildman–Crippen MR) is 131 cm³/mol. The Morgan fingerprint density at radius 1 is 1.06 bits per heavy atom. The molecule has 1 aliphatic carbocycles. The largest absolute Gasteiger partial charge is 0.502 e. The molecule has 1 amide bonds. The second kappa shape index (κ2) is 8.31. The Labute approximate surface area is 199 Å². The fourth-order valence-corrected chi connectivity index (χ4v) is 4.68. The van der Waals surface area contributed by atoms with Gasteiger partial charge in [-0.25, -0.2) is 0 Å². The van der Waals surface area contributed by atoms with Gasteiger partial charge < -0.3 is 14.8 Å². The molecule has 178 valence electrons. The highest BCUT2D eigenvalue weighted by Gasteiger charge is 2.37. The van der Waals surface area contributed by atoms with Crippen molar-refractivity contribution >= 4 is 17.3 Å². The summed E-state index contributed by atoms with van der Waals surface area (Å²) in [6, 6.07) is 11.6. The number of carbonyl (C=O) groups is 1. The summed E-state index contributed by atoms with van der Waals surface area (Å²) in [4.78, 5) is 22.9. The van der Waals surface area contributed by atoms with Crippen molar-refractivity contribution in [1.29, 1.82) is 0 Å². The number of aromatic hydroxyl groups is 1.